The average molecular weight is 372 g/mol. The summed E-state index contributed by atoms with van der Waals surface area (Å²) in [5, 5.41) is 4.68. The van der Waals surface area contributed by atoms with Gasteiger partial charge in [0.15, 0.2) is 11.6 Å². The van der Waals surface area contributed by atoms with Crippen molar-refractivity contribution in [2.75, 3.05) is 24.6 Å². The summed E-state index contributed by atoms with van der Waals surface area (Å²) in [4.78, 5) is 41.8. The smallest absolute Gasteiger partial charge is 0.322 e. The number of ether oxygens (including phenoxy) is 1. The van der Waals surface area contributed by atoms with E-state index in [4.69, 9.17) is 9.15 Å². The Bertz CT molecular complexity index is 908. The fourth-order valence-corrected chi connectivity index (χ4v) is 3.51. The molecule has 0 radical (unpaired) electrons. The summed E-state index contributed by atoms with van der Waals surface area (Å²) in [5.41, 5.74) is 1.12. The first-order valence-corrected chi connectivity index (χ1v) is 8.98. The summed E-state index contributed by atoms with van der Waals surface area (Å²) < 4.78 is 10.8. The van der Waals surface area contributed by atoms with E-state index in [9.17, 15) is 14.4 Å². The summed E-state index contributed by atoms with van der Waals surface area (Å²) in [6.07, 6.45) is 1.69. The zero-order valence-electron chi connectivity index (χ0n) is 14.9. The van der Waals surface area contributed by atoms with Crippen molar-refractivity contribution in [2.45, 2.75) is 25.8 Å². The maximum atomic E-state index is 12.0. The molecular formula is C18H20N4O5. The van der Waals surface area contributed by atoms with Crippen molar-refractivity contribution >= 4 is 34.8 Å². The zero-order valence-corrected chi connectivity index (χ0v) is 14.9. The molecule has 27 heavy (non-hydrogen) atoms. The molecule has 2 aromatic rings. The molecule has 9 nitrogen and oxygen atoms in total. The second kappa shape index (κ2) is 6.90. The van der Waals surface area contributed by atoms with Crippen LogP contribution < -0.4 is 15.5 Å². The summed E-state index contributed by atoms with van der Waals surface area (Å²) in [7, 11) is 0. The Balaban J connectivity index is 1.55. The molecule has 0 spiro atoms. The topological polar surface area (TPSA) is 114 Å². The molecule has 4 heterocycles. The van der Waals surface area contributed by atoms with Crippen molar-refractivity contribution < 1.29 is 23.5 Å². The number of hydrogen-bond acceptors (Lipinski definition) is 7. The minimum Gasteiger partial charge on any atom is -0.466 e. The highest BCUT2D eigenvalue weighted by Crippen LogP contribution is 2.28. The van der Waals surface area contributed by atoms with Crippen LogP contribution in [0.5, 0.6) is 0 Å². The molecule has 2 unspecified atom stereocenters. The number of esters is 1. The van der Waals surface area contributed by atoms with Gasteiger partial charge in [-0.15, -0.1) is 0 Å². The lowest BCUT2D eigenvalue weighted by Gasteiger charge is -2.32. The fourth-order valence-electron chi connectivity index (χ4n) is 3.51. The van der Waals surface area contributed by atoms with Gasteiger partial charge >= 0.3 is 12.0 Å². The number of aromatic nitrogens is 1. The minimum atomic E-state index is -0.849. The van der Waals surface area contributed by atoms with E-state index in [-0.39, 0.29) is 11.9 Å². The van der Waals surface area contributed by atoms with Gasteiger partial charge in [-0.1, -0.05) is 0 Å². The molecule has 0 aliphatic carbocycles. The average Bonchev–Trinajstić information content (AvgIpc) is 3.23. The number of carbonyl (C=O) groups excluding carboxylic acids is 3. The largest absolute Gasteiger partial charge is 0.466 e. The van der Waals surface area contributed by atoms with Gasteiger partial charge < -0.3 is 19.4 Å². The first kappa shape index (κ1) is 17.3. The van der Waals surface area contributed by atoms with E-state index in [1.54, 1.807) is 19.1 Å². The van der Waals surface area contributed by atoms with Crippen molar-refractivity contribution in [3.63, 3.8) is 0 Å². The summed E-state index contributed by atoms with van der Waals surface area (Å²) in [6.45, 7) is 3.55. The van der Waals surface area contributed by atoms with Gasteiger partial charge in [0, 0.05) is 19.2 Å². The molecule has 3 amide bonds. The van der Waals surface area contributed by atoms with Gasteiger partial charge in [-0.2, -0.15) is 0 Å². The van der Waals surface area contributed by atoms with Gasteiger partial charge in [-0.25, -0.2) is 9.78 Å². The molecular weight excluding hydrogens is 352 g/mol. The Labute approximate surface area is 155 Å². The van der Waals surface area contributed by atoms with Crippen LogP contribution in [0.1, 0.15) is 31.6 Å². The molecule has 2 saturated heterocycles. The van der Waals surface area contributed by atoms with Crippen LogP contribution in [0.4, 0.5) is 10.6 Å². The third-order valence-electron chi connectivity index (χ3n) is 4.80. The van der Waals surface area contributed by atoms with Gasteiger partial charge in [0.05, 0.1) is 12.5 Å². The van der Waals surface area contributed by atoms with Crippen LogP contribution in [0.2, 0.25) is 0 Å². The molecule has 142 valence electrons. The molecule has 2 aliphatic rings. The number of hydrogen-bond donors (Lipinski definition) is 2. The van der Waals surface area contributed by atoms with Crippen molar-refractivity contribution in [2.24, 2.45) is 5.92 Å². The third-order valence-corrected chi connectivity index (χ3v) is 4.80. The van der Waals surface area contributed by atoms with E-state index < -0.39 is 18.0 Å². The highest BCUT2D eigenvalue weighted by atomic mass is 16.5. The molecule has 4 rings (SSSR count). The highest BCUT2D eigenvalue weighted by molar-refractivity contribution is 6.04. The maximum Gasteiger partial charge on any atom is 0.322 e. The molecule has 2 atom stereocenters. The zero-order chi connectivity index (χ0) is 19.0. The Morgan fingerprint density at radius 2 is 2.26 bits per heavy atom. The van der Waals surface area contributed by atoms with Crippen molar-refractivity contribution in [3.05, 3.63) is 24.0 Å². The molecule has 0 bridgehead atoms. The van der Waals surface area contributed by atoms with E-state index in [0.717, 1.165) is 25.2 Å². The van der Waals surface area contributed by atoms with Gasteiger partial charge in [-0.05, 0) is 31.9 Å². The Morgan fingerprint density at radius 1 is 1.41 bits per heavy atom. The molecule has 0 aromatic carbocycles. The predicted molar refractivity (Wildman–Crippen MR) is 95.0 cm³/mol. The number of urea groups is 1. The Kier molecular flexibility index (Phi) is 4.43. The summed E-state index contributed by atoms with van der Waals surface area (Å²) in [5.74, 6) is 0.294. The van der Waals surface area contributed by atoms with Crippen LogP contribution in [-0.4, -0.2) is 42.6 Å². The van der Waals surface area contributed by atoms with Crippen LogP contribution in [0.3, 0.4) is 0 Å². The second-order valence-electron chi connectivity index (χ2n) is 6.63. The molecule has 0 saturated carbocycles. The van der Waals surface area contributed by atoms with Gasteiger partial charge in [0.25, 0.3) is 5.91 Å². The number of nitrogens with zero attached hydrogens (tertiary/aromatic N) is 2. The number of pyridine rings is 1. The first-order valence-electron chi connectivity index (χ1n) is 8.98. The maximum absolute atomic E-state index is 12.0. The van der Waals surface area contributed by atoms with Crippen molar-refractivity contribution in [1.82, 2.24) is 15.6 Å². The lowest BCUT2D eigenvalue weighted by atomic mass is 9.98. The molecule has 2 aliphatic heterocycles. The van der Waals surface area contributed by atoms with E-state index >= 15 is 0 Å². The normalized spacial score (nSPS) is 22.6. The van der Waals surface area contributed by atoms with Crippen LogP contribution >= 0.6 is 0 Å². The Morgan fingerprint density at radius 3 is 3.00 bits per heavy atom. The molecule has 2 N–H and O–H groups in total. The number of furan rings is 1. The highest BCUT2D eigenvalue weighted by Gasteiger charge is 2.34. The summed E-state index contributed by atoms with van der Waals surface area (Å²) >= 11 is 0. The molecule has 9 heteroatoms. The van der Waals surface area contributed by atoms with E-state index in [1.807, 2.05) is 6.07 Å². The Hall–Kier alpha value is -3.10. The van der Waals surface area contributed by atoms with Gasteiger partial charge in [0.2, 0.25) is 0 Å². The number of rotatable bonds is 4. The van der Waals surface area contributed by atoms with Crippen molar-refractivity contribution in [1.29, 1.82) is 0 Å². The monoisotopic (exact) mass is 372 g/mol. The van der Waals surface area contributed by atoms with E-state index in [0.29, 0.717) is 30.0 Å². The van der Waals surface area contributed by atoms with Crippen LogP contribution in [0, 0.1) is 5.92 Å². The van der Waals surface area contributed by atoms with E-state index in [2.05, 4.69) is 20.5 Å². The quantitative estimate of drug-likeness (QED) is 0.617. The minimum absolute atomic E-state index is 0.159. The summed E-state index contributed by atoms with van der Waals surface area (Å²) in [6, 6.07) is 3.87. The first-order chi connectivity index (χ1) is 13.0. The number of fused-ring (bicyclic) bond motifs is 1. The lowest BCUT2D eigenvalue weighted by Crippen LogP contribution is -2.39. The lowest BCUT2D eigenvalue weighted by molar-refractivity contribution is -0.148. The third kappa shape index (κ3) is 3.32. The predicted octanol–water partition coefficient (Wildman–Crippen LogP) is 1.49. The number of nitrogens with one attached hydrogen (secondary N) is 2. The molecule has 2 fully saturated rings. The van der Waals surface area contributed by atoms with Crippen molar-refractivity contribution in [3.8, 4) is 0 Å². The number of imide groups is 1. The number of anilines is 1. The number of piperidine rings is 1. The van der Waals surface area contributed by atoms with E-state index in [1.165, 1.54) is 0 Å². The van der Waals surface area contributed by atoms with Gasteiger partial charge in [0.1, 0.15) is 17.1 Å². The molecule has 2 aromatic heterocycles. The van der Waals surface area contributed by atoms with Crippen LogP contribution in [0.15, 0.2) is 22.6 Å². The van der Waals surface area contributed by atoms with Crippen LogP contribution in [0.25, 0.3) is 11.1 Å². The standard InChI is InChI=1S/C18H20N4O5/c1-2-26-17(24)10-4-3-7-22(9-10)14-6-5-12-11(19-14)8-13(27-12)15-16(23)21-18(25)20-15/h5-6,8,10,15H,2-4,7,9H2,1H3,(H2,20,21,23,25). The number of amides is 3. The fraction of sp³-hybridized carbons (Fsp3) is 0.444. The van der Waals surface area contributed by atoms with Crippen LogP contribution in [-0.2, 0) is 14.3 Å². The SMILES string of the molecule is CCOC(=O)C1CCCN(c2ccc3oc(C4NC(=O)NC4=O)cc3n2)C1. The second-order valence-corrected chi connectivity index (χ2v) is 6.63. The number of carbonyl (C=O) groups is 3. The van der Waals surface area contributed by atoms with Gasteiger partial charge in [-0.3, -0.25) is 14.9 Å².